The summed E-state index contributed by atoms with van der Waals surface area (Å²) in [6.45, 7) is 8.59. The first-order valence-corrected chi connectivity index (χ1v) is 9.73. The highest BCUT2D eigenvalue weighted by molar-refractivity contribution is 9.10. The minimum Gasteiger partial charge on any atom is -0.381 e. The van der Waals surface area contributed by atoms with Gasteiger partial charge in [-0.3, -0.25) is 14.4 Å². The molecule has 0 radical (unpaired) electrons. The Morgan fingerprint density at radius 2 is 2.00 bits per heavy atom. The number of nitrogens with one attached hydrogen (secondary N) is 1. The number of hydrogen-bond acceptors (Lipinski definition) is 5. The zero-order chi connectivity index (χ0) is 17.7. The number of ether oxygens (including phenoxy) is 2. The van der Waals surface area contributed by atoms with E-state index in [0.717, 1.165) is 63.4 Å². The Hall–Kier alpha value is -0.960. The summed E-state index contributed by atoms with van der Waals surface area (Å²) >= 11 is 3.37. The molecule has 140 valence electrons. The number of carbonyl (C=O) groups is 1. The van der Waals surface area contributed by atoms with E-state index < -0.39 is 0 Å². The smallest absolute Gasteiger partial charge is 0.244 e. The predicted molar refractivity (Wildman–Crippen MR) is 97.4 cm³/mol. The molecule has 0 aromatic carbocycles. The van der Waals surface area contributed by atoms with E-state index in [1.807, 2.05) is 13.1 Å². The summed E-state index contributed by atoms with van der Waals surface area (Å²) < 4.78 is 13.6. The molecule has 3 rings (SSSR count). The zero-order valence-corrected chi connectivity index (χ0v) is 16.3. The molecule has 0 spiro atoms. The van der Waals surface area contributed by atoms with Gasteiger partial charge in [-0.25, -0.2) is 0 Å². The number of amides is 1. The summed E-state index contributed by atoms with van der Waals surface area (Å²) in [4.78, 5) is 15.0. The van der Waals surface area contributed by atoms with Crippen molar-refractivity contribution in [2.45, 2.75) is 25.8 Å². The van der Waals surface area contributed by atoms with Crippen molar-refractivity contribution in [2.75, 3.05) is 52.6 Å². The van der Waals surface area contributed by atoms with Crippen LogP contribution in [0.2, 0.25) is 0 Å². The Kier molecular flexibility index (Phi) is 6.49. The van der Waals surface area contributed by atoms with Crippen LogP contribution in [0.15, 0.2) is 16.9 Å². The van der Waals surface area contributed by atoms with Crippen LogP contribution in [0.25, 0.3) is 0 Å². The van der Waals surface area contributed by atoms with Gasteiger partial charge in [-0.2, -0.15) is 5.10 Å². The van der Waals surface area contributed by atoms with E-state index >= 15 is 0 Å². The van der Waals surface area contributed by atoms with Crippen molar-refractivity contribution in [1.82, 2.24) is 20.0 Å². The quantitative estimate of drug-likeness (QED) is 0.762. The molecule has 8 heteroatoms. The fourth-order valence-electron chi connectivity index (χ4n) is 3.50. The molecule has 1 N–H and O–H groups in total. The van der Waals surface area contributed by atoms with Gasteiger partial charge < -0.3 is 14.8 Å². The lowest BCUT2D eigenvalue weighted by molar-refractivity contribution is -0.125. The average molecular weight is 415 g/mol. The molecule has 2 fully saturated rings. The van der Waals surface area contributed by atoms with Crippen molar-refractivity contribution in [3.8, 4) is 0 Å². The number of rotatable bonds is 6. The van der Waals surface area contributed by atoms with Crippen LogP contribution in [0.1, 0.15) is 25.8 Å². The molecule has 25 heavy (non-hydrogen) atoms. The van der Waals surface area contributed by atoms with Crippen molar-refractivity contribution < 1.29 is 14.3 Å². The molecule has 1 amide bonds. The van der Waals surface area contributed by atoms with Crippen LogP contribution in [-0.2, 0) is 14.3 Å². The lowest BCUT2D eigenvalue weighted by atomic mass is 9.79. The lowest BCUT2D eigenvalue weighted by Gasteiger charge is -2.42. The van der Waals surface area contributed by atoms with Crippen molar-refractivity contribution in [2.24, 2.45) is 5.41 Å². The van der Waals surface area contributed by atoms with Gasteiger partial charge in [0.1, 0.15) is 6.04 Å². The second-order valence-electron chi connectivity index (χ2n) is 7.03. The van der Waals surface area contributed by atoms with Gasteiger partial charge in [0.2, 0.25) is 5.91 Å². The zero-order valence-electron chi connectivity index (χ0n) is 14.7. The molecular weight excluding hydrogens is 388 g/mol. The summed E-state index contributed by atoms with van der Waals surface area (Å²) in [5.41, 5.74) is 0.0790. The van der Waals surface area contributed by atoms with Crippen LogP contribution in [0.3, 0.4) is 0 Å². The van der Waals surface area contributed by atoms with Gasteiger partial charge in [0.15, 0.2) is 0 Å². The molecule has 1 aromatic heterocycles. The maximum Gasteiger partial charge on any atom is 0.244 e. The molecule has 2 saturated heterocycles. The summed E-state index contributed by atoms with van der Waals surface area (Å²) in [5.74, 6) is 0.00319. The van der Waals surface area contributed by atoms with E-state index in [0.29, 0.717) is 6.54 Å². The molecule has 3 heterocycles. The van der Waals surface area contributed by atoms with Crippen LogP contribution in [0.4, 0.5) is 0 Å². The van der Waals surface area contributed by atoms with Gasteiger partial charge in [-0.05, 0) is 35.7 Å². The van der Waals surface area contributed by atoms with Crippen LogP contribution in [-0.4, -0.2) is 73.2 Å². The highest BCUT2D eigenvalue weighted by atomic mass is 79.9. The van der Waals surface area contributed by atoms with Crippen LogP contribution >= 0.6 is 15.9 Å². The Morgan fingerprint density at radius 1 is 1.32 bits per heavy atom. The molecule has 7 nitrogen and oxygen atoms in total. The predicted octanol–water partition coefficient (Wildman–Crippen LogP) is 1.45. The minimum atomic E-state index is -0.327. The van der Waals surface area contributed by atoms with Gasteiger partial charge in [0.05, 0.1) is 23.9 Å². The van der Waals surface area contributed by atoms with E-state index in [1.54, 1.807) is 10.9 Å². The van der Waals surface area contributed by atoms with Gasteiger partial charge in [-0.1, -0.05) is 0 Å². The first-order valence-electron chi connectivity index (χ1n) is 8.93. The molecule has 0 saturated carbocycles. The maximum absolute atomic E-state index is 12.6. The highest BCUT2D eigenvalue weighted by Crippen LogP contribution is 2.31. The molecule has 0 bridgehead atoms. The van der Waals surface area contributed by atoms with Crippen LogP contribution in [0, 0.1) is 5.41 Å². The van der Waals surface area contributed by atoms with Crippen molar-refractivity contribution >= 4 is 21.8 Å². The maximum atomic E-state index is 12.6. The lowest BCUT2D eigenvalue weighted by Crippen LogP contribution is -2.51. The Morgan fingerprint density at radius 3 is 2.64 bits per heavy atom. The molecule has 2 aliphatic heterocycles. The van der Waals surface area contributed by atoms with E-state index in [1.165, 1.54) is 0 Å². The summed E-state index contributed by atoms with van der Waals surface area (Å²) in [6.07, 6.45) is 5.48. The molecule has 1 unspecified atom stereocenters. The third-order valence-electron chi connectivity index (χ3n) is 5.20. The SMILES string of the molecule is CC(C(=O)NCC1(CN2CCOCC2)CCOCC1)n1cc(Br)cn1. The number of carbonyl (C=O) groups excluding carboxylic acids is 1. The first-order chi connectivity index (χ1) is 12.1. The van der Waals surface area contributed by atoms with Crippen molar-refractivity contribution in [1.29, 1.82) is 0 Å². The van der Waals surface area contributed by atoms with E-state index in [-0.39, 0.29) is 17.4 Å². The number of halogens is 1. The number of aromatic nitrogens is 2. The molecule has 0 aliphatic carbocycles. The average Bonchev–Trinajstić information content (AvgIpc) is 3.07. The Balaban J connectivity index is 1.58. The van der Waals surface area contributed by atoms with E-state index in [9.17, 15) is 4.79 Å². The number of nitrogens with zero attached hydrogens (tertiary/aromatic N) is 3. The van der Waals surface area contributed by atoms with Gasteiger partial charge in [-0.15, -0.1) is 0 Å². The van der Waals surface area contributed by atoms with Crippen LogP contribution < -0.4 is 5.32 Å². The standard InChI is InChI=1S/C17H27BrN4O3/c1-14(22-11-15(18)10-20-22)16(23)19-12-17(2-6-24-7-3-17)13-21-4-8-25-9-5-21/h10-11,14H,2-9,12-13H2,1H3,(H,19,23). The van der Waals surface area contributed by atoms with Gasteiger partial charge >= 0.3 is 0 Å². The molecule has 1 aromatic rings. The van der Waals surface area contributed by atoms with Crippen molar-refractivity contribution in [3.63, 3.8) is 0 Å². The normalized spacial score (nSPS) is 22.5. The fraction of sp³-hybridized carbons (Fsp3) is 0.765. The van der Waals surface area contributed by atoms with Crippen LogP contribution in [0.5, 0.6) is 0 Å². The number of morpholine rings is 1. The van der Waals surface area contributed by atoms with E-state index in [4.69, 9.17) is 9.47 Å². The van der Waals surface area contributed by atoms with E-state index in [2.05, 4.69) is 31.2 Å². The topological polar surface area (TPSA) is 68.6 Å². The van der Waals surface area contributed by atoms with Crippen molar-refractivity contribution in [3.05, 3.63) is 16.9 Å². The summed E-state index contributed by atoms with van der Waals surface area (Å²) in [5, 5.41) is 7.37. The Bertz CT molecular complexity index is 568. The third-order valence-corrected chi connectivity index (χ3v) is 5.61. The third kappa shape index (κ3) is 5.03. The largest absolute Gasteiger partial charge is 0.381 e. The fourth-order valence-corrected chi connectivity index (χ4v) is 3.80. The number of hydrogen-bond donors (Lipinski definition) is 1. The van der Waals surface area contributed by atoms with Gasteiger partial charge in [0.25, 0.3) is 0 Å². The monoisotopic (exact) mass is 414 g/mol. The van der Waals surface area contributed by atoms with Gasteiger partial charge in [0, 0.05) is 51.0 Å². The second-order valence-corrected chi connectivity index (χ2v) is 7.95. The molecule has 2 aliphatic rings. The highest BCUT2D eigenvalue weighted by Gasteiger charge is 2.35. The summed E-state index contributed by atoms with van der Waals surface area (Å²) in [6, 6.07) is -0.327. The molecule has 1 atom stereocenters. The minimum absolute atomic E-state index is 0.00319. The molecular formula is C17H27BrN4O3. The summed E-state index contributed by atoms with van der Waals surface area (Å²) in [7, 11) is 0. The first kappa shape index (κ1) is 18.8. The Labute approximate surface area is 157 Å². The second kappa shape index (κ2) is 8.62.